The van der Waals surface area contributed by atoms with Gasteiger partial charge in [-0.3, -0.25) is 4.79 Å². The highest BCUT2D eigenvalue weighted by molar-refractivity contribution is 5.69. The Kier molecular flexibility index (Phi) is 14.6. The lowest BCUT2D eigenvalue weighted by Gasteiger charge is -2.53. The van der Waals surface area contributed by atoms with Gasteiger partial charge < -0.3 is 62.0 Å². The third-order valence-electron chi connectivity index (χ3n) is 16.3. The number of aliphatic hydroxyl groups excluding tert-OH is 1. The van der Waals surface area contributed by atoms with E-state index in [-0.39, 0.29) is 115 Å². The second-order valence-corrected chi connectivity index (χ2v) is 21.8. The first kappa shape index (κ1) is 47.9. The van der Waals surface area contributed by atoms with E-state index < -0.39 is 23.8 Å². The zero-order valence-electron chi connectivity index (χ0n) is 39.4. The van der Waals surface area contributed by atoms with Crippen molar-refractivity contribution in [3.63, 3.8) is 0 Å². The summed E-state index contributed by atoms with van der Waals surface area (Å²) in [4.78, 5) is 25.0. The summed E-state index contributed by atoms with van der Waals surface area (Å²) in [5.41, 5.74) is 0.781. The number of methoxy groups -OCH3 is 2. The number of hydrogen-bond donors (Lipinski definition) is 1. The Morgan fingerprint density at radius 1 is 0.889 bits per heavy atom. The Morgan fingerprint density at radius 2 is 1.65 bits per heavy atom. The van der Waals surface area contributed by atoms with E-state index in [1.54, 1.807) is 7.11 Å². The fraction of sp³-hybridized carbons (Fsp3) is 0.918. The van der Waals surface area contributed by atoms with Crippen LogP contribution in [0.15, 0.2) is 12.2 Å². The summed E-state index contributed by atoms with van der Waals surface area (Å²) in [6.45, 7) is 19.7. The lowest BCUT2D eigenvalue weighted by molar-refractivity contribution is -0.355. The van der Waals surface area contributed by atoms with Gasteiger partial charge in [0.15, 0.2) is 11.6 Å². The molecule has 0 aromatic heterocycles. The summed E-state index contributed by atoms with van der Waals surface area (Å²) in [6, 6.07) is 0. The van der Waals surface area contributed by atoms with E-state index in [2.05, 4.69) is 34.3 Å². The highest BCUT2D eigenvalue weighted by Gasteiger charge is 2.60. The third-order valence-corrected chi connectivity index (χ3v) is 16.3. The van der Waals surface area contributed by atoms with E-state index >= 15 is 0 Å². The molecule has 0 aromatic carbocycles. The summed E-state index contributed by atoms with van der Waals surface area (Å²) in [7, 11) is 3.14. The molecule has 14 nitrogen and oxygen atoms in total. The van der Waals surface area contributed by atoms with Crippen LogP contribution in [0, 0.1) is 29.1 Å². The molecule has 0 amide bonds. The first-order valence-corrected chi connectivity index (χ1v) is 24.3. The number of aliphatic hydroxyl groups is 1. The van der Waals surface area contributed by atoms with Crippen molar-refractivity contribution in [3.05, 3.63) is 12.2 Å². The molecule has 8 fully saturated rings. The third kappa shape index (κ3) is 10.3. The molecule has 4 bridgehead atoms. The molecule has 0 spiro atoms. The van der Waals surface area contributed by atoms with Crippen molar-refractivity contribution >= 4 is 12.3 Å². The molecule has 0 aromatic rings. The number of esters is 1. The molecule has 8 saturated heterocycles. The fourth-order valence-electron chi connectivity index (χ4n) is 12.6. The smallest absolute Gasteiger partial charge is 0.308 e. The van der Waals surface area contributed by atoms with Crippen LogP contribution in [0.3, 0.4) is 0 Å². The Bertz CT molecular complexity index is 1600. The molecule has 0 saturated carbocycles. The van der Waals surface area contributed by atoms with Crippen LogP contribution in [0.5, 0.6) is 0 Å². The van der Waals surface area contributed by atoms with E-state index in [0.717, 1.165) is 56.8 Å². The molecule has 4 unspecified atom stereocenters. The quantitative estimate of drug-likeness (QED) is 0.110. The summed E-state index contributed by atoms with van der Waals surface area (Å²) in [5, 5.41) is 11.5. The van der Waals surface area contributed by atoms with E-state index in [1.165, 1.54) is 7.11 Å². The maximum absolute atomic E-state index is 12.9. The lowest BCUT2D eigenvalue weighted by Crippen LogP contribution is -2.63. The van der Waals surface area contributed by atoms with E-state index in [4.69, 9.17) is 52.1 Å². The number of carbonyl (C=O) groups is 2. The van der Waals surface area contributed by atoms with Gasteiger partial charge in [0.2, 0.25) is 0 Å². The Labute approximate surface area is 375 Å². The number of ether oxygens (including phenoxy) is 11. The molecule has 14 heteroatoms. The van der Waals surface area contributed by atoms with Crippen LogP contribution < -0.4 is 0 Å². The summed E-state index contributed by atoms with van der Waals surface area (Å²) in [5.74, 6) is -1.53. The van der Waals surface area contributed by atoms with Crippen molar-refractivity contribution < 1.29 is 66.8 Å². The molecular weight excluding hydrogens is 813 g/mol. The maximum Gasteiger partial charge on any atom is 0.308 e. The number of fused-ring (bicyclic) bond motifs is 9. The van der Waals surface area contributed by atoms with Gasteiger partial charge in [0.25, 0.3) is 0 Å². The average Bonchev–Trinajstić information content (AvgIpc) is 3.55. The van der Waals surface area contributed by atoms with Crippen LogP contribution in [0.4, 0.5) is 0 Å². The molecule has 358 valence electrons. The van der Waals surface area contributed by atoms with Crippen LogP contribution >= 0.6 is 0 Å². The number of aldehydes is 1. The van der Waals surface area contributed by atoms with Crippen LogP contribution in [-0.4, -0.2) is 141 Å². The zero-order valence-corrected chi connectivity index (χ0v) is 39.4. The molecular formula is C49H78O14. The Hall–Kier alpha value is -1.56. The second-order valence-electron chi connectivity index (χ2n) is 21.8. The molecule has 20 atom stereocenters. The van der Waals surface area contributed by atoms with Gasteiger partial charge in [0.05, 0.1) is 93.4 Å². The molecule has 0 radical (unpaired) electrons. The zero-order chi connectivity index (χ0) is 45.0. The molecule has 1 N–H and O–H groups in total. The van der Waals surface area contributed by atoms with Crippen molar-refractivity contribution in [3.8, 4) is 0 Å². The summed E-state index contributed by atoms with van der Waals surface area (Å²) < 4.78 is 69.8. The predicted octanol–water partition coefficient (Wildman–Crippen LogP) is 6.39. The van der Waals surface area contributed by atoms with Gasteiger partial charge in [-0.1, -0.05) is 41.2 Å². The van der Waals surface area contributed by atoms with Gasteiger partial charge in [-0.2, -0.15) is 0 Å². The highest BCUT2D eigenvalue weighted by Crippen LogP contribution is 2.50. The normalized spacial score (nSPS) is 45.5. The minimum Gasteiger partial charge on any atom is -0.469 e. The molecule has 63 heavy (non-hydrogen) atoms. The highest BCUT2D eigenvalue weighted by atomic mass is 16.7. The van der Waals surface area contributed by atoms with E-state index in [9.17, 15) is 14.7 Å². The van der Waals surface area contributed by atoms with Gasteiger partial charge in [0, 0.05) is 51.0 Å². The topological polar surface area (TPSA) is 156 Å². The first-order chi connectivity index (χ1) is 29.9. The Morgan fingerprint density at radius 3 is 2.40 bits per heavy atom. The summed E-state index contributed by atoms with van der Waals surface area (Å²) in [6.07, 6.45) is 6.53. The van der Waals surface area contributed by atoms with E-state index in [1.807, 2.05) is 20.8 Å². The van der Waals surface area contributed by atoms with Crippen molar-refractivity contribution in [2.45, 2.75) is 235 Å². The molecule has 0 aliphatic carbocycles. The first-order valence-electron chi connectivity index (χ1n) is 24.3. The van der Waals surface area contributed by atoms with Gasteiger partial charge in [-0.25, -0.2) is 0 Å². The van der Waals surface area contributed by atoms with Crippen LogP contribution in [0.25, 0.3) is 0 Å². The molecule has 8 aliphatic heterocycles. The Balaban J connectivity index is 0.843. The second kappa shape index (κ2) is 19.2. The average molecular weight is 891 g/mol. The van der Waals surface area contributed by atoms with Crippen molar-refractivity contribution in [1.29, 1.82) is 0 Å². The van der Waals surface area contributed by atoms with Gasteiger partial charge in [-0.15, -0.1) is 0 Å². The summed E-state index contributed by atoms with van der Waals surface area (Å²) >= 11 is 0. The lowest BCUT2D eigenvalue weighted by atomic mass is 9.70. The standard InChI is InChI=1S/C49H78O14/c1-26(15-16-49-23-40(53-9)46(63-49)38-21-39(62-49)45-33(58-38)14-13-32(57-45)18-42(51)54-10)22-47(5,6)30(24-50)11-12-31-17-27(2)28(3)34(56-31)19-36-43(52)29(4)44-37(59-36)20-35-41(60-44)25-55-48(7,8)61-35/h24,26-27,29-41,43-46,52H,3,11-23,25H2,1-2,4-10H3/t26-,27-,29-,30-,31+,32?,33+,34-,35-,36?,37+,38-,39-,40?,41-,43-,44+,45+,46?,49-/m1/s1. The van der Waals surface area contributed by atoms with Crippen LogP contribution in [0.2, 0.25) is 0 Å². The number of carbonyl (C=O) groups excluding carboxylic acids is 2. The SMILES string of the molecule is C=C1[C@H](C)C[C@H](CC[C@H](C=O)C(C)(C)C[C@H](C)CC[C@]23CC(OC)C(O2)[C@H]2C[C@@H](O3)[C@H]3OC(CC(=O)OC)CC[C@@H]3O2)O[C@@H]1CC1O[C@H]2C[C@H]3OC(C)(C)OC[C@H]3O[C@H]2[C@H](C)[C@H]1O. The molecule has 8 heterocycles. The van der Waals surface area contributed by atoms with Crippen LogP contribution in [0.1, 0.15) is 132 Å². The molecule has 8 aliphatic rings. The fourth-order valence-corrected chi connectivity index (χ4v) is 12.6. The van der Waals surface area contributed by atoms with Crippen molar-refractivity contribution in [2.75, 3.05) is 20.8 Å². The predicted molar refractivity (Wildman–Crippen MR) is 229 cm³/mol. The molecule has 8 rings (SSSR count). The monoisotopic (exact) mass is 891 g/mol. The number of hydrogen-bond acceptors (Lipinski definition) is 14. The van der Waals surface area contributed by atoms with Crippen molar-refractivity contribution in [2.24, 2.45) is 29.1 Å². The maximum atomic E-state index is 12.9. The minimum absolute atomic E-state index is 0.0340. The largest absolute Gasteiger partial charge is 0.469 e. The van der Waals surface area contributed by atoms with Gasteiger partial charge >= 0.3 is 5.97 Å². The number of rotatable bonds is 15. The van der Waals surface area contributed by atoms with Crippen LogP contribution in [-0.2, 0) is 61.7 Å². The minimum atomic E-state index is -0.832. The van der Waals surface area contributed by atoms with Gasteiger partial charge in [-0.05, 0) is 81.6 Å². The van der Waals surface area contributed by atoms with E-state index in [0.29, 0.717) is 44.6 Å². The van der Waals surface area contributed by atoms with Gasteiger partial charge in [0.1, 0.15) is 24.6 Å². The van der Waals surface area contributed by atoms with Crippen molar-refractivity contribution in [1.82, 2.24) is 0 Å².